The number of benzene rings is 2. The van der Waals surface area contributed by atoms with Crippen LogP contribution in [0.2, 0.25) is 0 Å². The third kappa shape index (κ3) is 5.60. The molecule has 1 saturated heterocycles. The molecule has 2 aromatic rings. The number of nitrogens with zero attached hydrogens (tertiary/aromatic N) is 1. The predicted molar refractivity (Wildman–Crippen MR) is 150 cm³/mol. The first kappa shape index (κ1) is 28.8. The molecule has 41 heavy (non-hydrogen) atoms. The molecule has 2 aliphatic heterocycles. The van der Waals surface area contributed by atoms with Gasteiger partial charge in [0, 0.05) is 37.9 Å². The Kier molecular flexibility index (Phi) is 8.74. The van der Waals surface area contributed by atoms with Crippen LogP contribution in [0, 0.1) is 11.8 Å². The van der Waals surface area contributed by atoms with E-state index >= 15 is 0 Å². The molecule has 0 spiro atoms. The van der Waals surface area contributed by atoms with Crippen LogP contribution in [0.4, 0.5) is 0 Å². The highest BCUT2D eigenvalue weighted by atomic mass is 16.7. The van der Waals surface area contributed by atoms with Gasteiger partial charge in [-0.15, -0.1) is 0 Å². The number of hydrogen-bond donors (Lipinski definition) is 3. The van der Waals surface area contributed by atoms with E-state index in [0.29, 0.717) is 30.0 Å². The van der Waals surface area contributed by atoms with E-state index < -0.39 is 17.9 Å². The molecule has 0 radical (unpaired) electrons. The number of rotatable bonds is 12. The highest BCUT2D eigenvalue weighted by Gasteiger charge is 2.53. The number of aromatic hydroxyl groups is 1. The van der Waals surface area contributed by atoms with Crippen LogP contribution in [0.3, 0.4) is 0 Å². The molecule has 11 nitrogen and oxygen atoms in total. The molecule has 0 bridgehead atoms. The van der Waals surface area contributed by atoms with E-state index in [1.54, 1.807) is 12.1 Å². The lowest BCUT2D eigenvalue weighted by atomic mass is 9.65. The first-order chi connectivity index (χ1) is 19.9. The third-order valence-electron chi connectivity index (χ3n) is 8.39. The van der Waals surface area contributed by atoms with Gasteiger partial charge in [0.2, 0.25) is 18.4 Å². The van der Waals surface area contributed by atoms with Crippen LogP contribution in [0.5, 0.6) is 28.7 Å². The van der Waals surface area contributed by atoms with Gasteiger partial charge in [0.25, 0.3) is 0 Å². The van der Waals surface area contributed by atoms with E-state index in [1.807, 2.05) is 12.1 Å². The lowest BCUT2D eigenvalue weighted by molar-refractivity contribution is -0.141. The van der Waals surface area contributed by atoms with Crippen LogP contribution in [0.25, 0.3) is 0 Å². The van der Waals surface area contributed by atoms with Crippen molar-refractivity contribution in [1.82, 2.24) is 15.5 Å². The van der Waals surface area contributed by atoms with Crippen molar-refractivity contribution in [3.63, 3.8) is 0 Å². The van der Waals surface area contributed by atoms with Crippen LogP contribution in [-0.2, 0) is 14.3 Å². The second-order valence-electron chi connectivity index (χ2n) is 10.5. The van der Waals surface area contributed by atoms with Gasteiger partial charge >= 0.3 is 5.97 Å². The fourth-order valence-corrected chi connectivity index (χ4v) is 6.19. The number of nitrogens with one attached hydrogen (secondary N) is 2. The molecule has 11 heteroatoms. The number of hydrogen-bond acceptors (Lipinski definition) is 10. The second-order valence-corrected chi connectivity index (χ2v) is 10.5. The van der Waals surface area contributed by atoms with Gasteiger partial charge in [0.1, 0.15) is 0 Å². The zero-order chi connectivity index (χ0) is 29.1. The molecule has 3 aliphatic rings. The van der Waals surface area contributed by atoms with Gasteiger partial charge in [-0.3, -0.25) is 9.59 Å². The van der Waals surface area contributed by atoms with Crippen molar-refractivity contribution in [2.45, 2.75) is 32.2 Å². The van der Waals surface area contributed by atoms with Gasteiger partial charge in [0.05, 0.1) is 32.8 Å². The molecule has 1 aliphatic carbocycles. The maximum absolute atomic E-state index is 13.3. The van der Waals surface area contributed by atoms with Gasteiger partial charge in [0.15, 0.2) is 23.0 Å². The number of carbonyl (C=O) groups excluding carboxylic acids is 2. The fourth-order valence-electron chi connectivity index (χ4n) is 6.19. The number of cyclic esters (lactones) is 1. The quantitative estimate of drug-likeness (QED) is 0.259. The molecular weight excluding hydrogens is 530 g/mol. The average molecular weight is 570 g/mol. The number of ether oxygens (including phenoxy) is 5. The van der Waals surface area contributed by atoms with Crippen molar-refractivity contribution < 1.29 is 38.4 Å². The summed E-state index contributed by atoms with van der Waals surface area (Å²) in [6.07, 6.45) is 0.302. The van der Waals surface area contributed by atoms with Gasteiger partial charge in [-0.2, -0.15) is 0 Å². The highest BCUT2D eigenvalue weighted by Crippen LogP contribution is 2.55. The monoisotopic (exact) mass is 569 g/mol. The second kappa shape index (κ2) is 12.4. The van der Waals surface area contributed by atoms with Gasteiger partial charge in [-0.05, 0) is 54.0 Å². The highest BCUT2D eigenvalue weighted by molar-refractivity contribution is 5.81. The maximum atomic E-state index is 13.3. The molecule has 1 amide bonds. The molecule has 2 heterocycles. The molecule has 0 saturated carbocycles. The summed E-state index contributed by atoms with van der Waals surface area (Å²) in [5.41, 5.74) is 2.37. The van der Waals surface area contributed by atoms with Crippen molar-refractivity contribution in [3.8, 4) is 28.7 Å². The summed E-state index contributed by atoms with van der Waals surface area (Å²) in [5, 5.41) is 17.1. The van der Waals surface area contributed by atoms with Gasteiger partial charge in [-0.25, -0.2) is 0 Å². The fraction of sp³-hybridized carbons (Fsp3) is 0.533. The smallest absolute Gasteiger partial charge is 0.310 e. The van der Waals surface area contributed by atoms with Crippen LogP contribution >= 0.6 is 0 Å². The van der Waals surface area contributed by atoms with Crippen LogP contribution in [0.1, 0.15) is 48.9 Å². The Morgan fingerprint density at radius 1 is 1.00 bits per heavy atom. The Morgan fingerprint density at radius 3 is 2.29 bits per heavy atom. The first-order valence-corrected chi connectivity index (χ1v) is 14.2. The number of amides is 1. The SMILES string of the molecule is CCN(CC)CCNCCC(=O)NC1c2cc3c(cc2C(c2cc(OC)c(O)c(OC)c2)C2C(=O)OCC12)OCO3. The number of carbonyl (C=O) groups is 2. The number of phenolic OH excluding ortho intramolecular Hbond substituents is 1. The lowest BCUT2D eigenvalue weighted by Gasteiger charge is -2.39. The molecule has 4 unspecified atom stereocenters. The average Bonchev–Trinajstić information content (AvgIpc) is 3.60. The van der Waals surface area contributed by atoms with Gasteiger partial charge in [-0.1, -0.05) is 13.8 Å². The summed E-state index contributed by atoms with van der Waals surface area (Å²) in [4.78, 5) is 28.8. The molecular formula is C30H39N3O8. The Morgan fingerprint density at radius 2 is 1.66 bits per heavy atom. The maximum Gasteiger partial charge on any atom is 0.310 e. The van der Waals surface area contributed by atoms with E-state index in [-0.39, 0.29) is 48.4 Å². The Balaban J connectivity index is 1.45. The van der Waals surface area contributed by atoms with Crippen molar-refractivity contribution in [2.75, 3.05) is 60.3 Å². The zero-order valence-corrected chi connectivity index (χ0v) is 24.0. The largest absolute Gasteiger partial charge is 0.502 e. The Labute approximate surface area is 240 Å². The topological polar surface area (TPSA) is 128 Å². The van der Waals surface area contributed by atoms with E-state index in [0.717, 1.165) is 37.3 Å². The van der Waals surface area contributed by atoms with Crippen molar-refractivity contribution in [1.29, 1.82) is 0 Å². The minimum Gasteiger partial charge on any atom is -0.502 e. The summed E-state index contributed by atoms with van der Waals surface area (Å²) < 4.78 is 27.8. The minimum absolute atomic E-state index is 0.0921. The molecule has 5 rings (SSSR count). The van der Waals surface area contributed by atoms with Crippen molar-refractivity contribution >= 4 is 11.9 Å². The number of fused-ring (bicyclic) bond motifs is 3. The number of likely N-dealkylation sites (N-methyl/N-ethyl adjacent to an activating group) is 1. The van der Waals surface area contributed by atoms with Crippen LogP contribution < -0.4 is 29.6 Å². The standard InChI is InChI=1S/C30H39N3O8/c1-5-33(6-2)10-9-31-8-7-25(34)32-28-19-14-22-21(40-16-41-22)13-18(19)26(27-20(28)15-39-30(27)36)17-11-23(37-3)29(35)24(12-17)38-4/h11-14,20,26-28,31,35H,5-10,15-16H2,1-4H3,(H,32,34). The summed E-state index contributed by atoms with van der Waals surface area (Å²) in [6.45, 7) is 8.80. The number of esters is 1. The Bertz CT molecular complexity index is 1260. The summed E-state index contributed by atoms with van der Waals surface area (Å²) in [7, 11) is 2.92. The predicted octanol–water partition coefficient (Wildman–Crippen LogP) is 2.55. The third-order valence-corrected chi connectivity index (χ3v) is 8.39. The molecule has 3 N–H and O–H groups in total. The summed E-state index contributed by atoms with van der Waals surface area (Å²) in [6, 6.07) is 6.73. The molecule has 222 valence electrons. The van der Waals surface area contributed by atoms with E-state index in [9.17, 15) is 14.7 Å². The van der Waals surface area contributed by atoms with Crippen molar-refractivity contribution in [2.24, 2.45) is 11.8 Å². The zero-order valence-electron chi connectivity index (χ0n) is 24.0. The number of methoxy groups -OCH3 is 2. The normalized spacial score (nSPS) is 22.2. The first-order valence-electron chi connectivity index (χ1n) is 14.2. The molecule has 1 fully saturated rings. The van der Waals surface area contributed by atoms with Crippen LogP contribution in [0.15, 0.2) is 24.3 Å². The molecule has 0 aromatic heterocycles. The molecule has 2 aromatic carbocycles. The van der Waals surface area contributed by atoms with Crippen LogP contribution in [-0.4, -0.2) is 82.2 Å². The van der Waals surface area contributed by atoms with E-state index in [4.69, 9.17) is 23.7 Å². The van der Waals surface area contributed by atoms with Crippen molar-refractivity contribution in [3.05, 3.63) is 41.0 Å². The minimum atomic E-state index is -0.584. The van der Waals surface area contributed by atoms with E-state index in [2.05, 4.69) is 29.4 Å². The summed E-state index contributed by atoms with van der Waals surface area (Å²) in [5.74, 6) is -0.320. The molecule has 4 atom stereocenters. The van der Waals surface area contributed by atoms with Gasteiger partial charge < -0.3 is 44.3 Å². The Hall–Kier alpha value is -3.70. The number of phenols is 1. The van der Waals surface area contributed by atoms with E-state index in [1.165, 1.54) is 14.2 Å². The lowest BCUT2D eigenvalue weighted by Crippen LogP contribution is -2.43. The summed E-state index contributed by atoms with van der Waals surface area (Å²) >= 11 is 0.